The van der Waals surface area contributed by atoms with Gasteiger partial charge >= 0.3 is 12.0 Å². The number of halogens is 2. The van der Waals surface area contributed by atoms with Gasteiger partial charge in [0.15, 0.2) is 0 Å². The van der Waals surface area contributed by atoms with Crippen LogP contribution >= 0.6 is 15.9 Å². The Morgan fingerprint density at radius 1 is 1.50 bits per heavy atom. The Balaban J connectivity index is 2.77. The zero-order valence-corrected chi connectivity index (χ0v) is 12.8. The van der Waals surface area contributed by atoms with E-state index in [0.717, 1.165) is 0 Å². The molecule has 0 bridgehead atoms. The molecule has 20 heavy (non-hydrogen) atoms. The monoisotopic (exact) mass is 346 g/mol. The van der Waals surface area contributed by atoms with E-state index in [1.807, 2.05) is 0 Å². The summed E-state index contributed by atoms with van der Waals surface area (Å²) in [6, 6.07) is 3.67. The second-order valence-corrected chi connectivity index (χ2v) is 5.25. The summed E-state index contributed by atoms with van der Waals surface area (Å²) in [5, 5.41) is 11.3. The molecule has 7 heteroatoms. The van der Waals surface area contributed by atoms with Crippen LogP contribution in [-0.4, -0.2) is 35.1 Å². The lowest BCUT2D eigenvalue weighted by Gasteiger charge is -2.23. The van der Waals surface area contributed by atoms with Gasteiger partial charge in [0.1, 0.15) is 5.82 Å². The van der Waals surface area contributed by atoms with Gasteiger partial charge in [0.05, 0.1) is 11.6 Å². The average molecular weight is 347 g/mol. The van der Waals surface area contributed by atoms with Crippen molar-refractivity contribution >= 4 is 33.6 Å². The van der Waals surface area contributed by atoms with Crippen LogP contribution in [0.25, 0.3) is 0 Å². The first kappa shape index (κ1) is 16.4. The number of aliphatic carboxylic acids is 1. The summed E-state index contributed by atoms with van der Waals surface area (Å²) in [5.41, 5.74) is 0.0470. The van der Waals surface area contributed by atoms with Gasteiger partial charge in [-0.05, 0) is 25.1 Å². The summed E-state index contributed by atoms with van der Waals surface area (Å²) in [5.74, 6) is -2.22. The molecule has 0 aliphatic heterocycles. The summed E-state index contributed by atoms with van der Waals surface area (Å²) in [6.07, 6.45) is 0. The Labute approximate surface area is 124 Å². The van der Waals surface area contributed by atoms with Crippen molar-refractivity contribution in [2.45, 2.75) is 13.8 Å². The van der Waals surface area contributed by atoms with Gasteiger partial charge in [-0.2, -0.15) is 0 Å². The van der Waals surface area contributed by atoms with Crippen LogP contribution in [0.15, 0.2) is 22.7 Å². The first-order chi connectivity index (χ1) is 9.35. The Bertz CT molecular complexity index is 510. The Kier molecular flexibility index (Phi) is 5.94. The number of hydrogen-bond donors (Lipinski definition) is 2. The molecule has 0 aliphatic carbocycles. The van der Waals surface area contributed by atoms with E-state index in [0.29, 0.717) is 11.0 Å². The minimum absolute atomic E-state index is 0.0470. The lowest BCUT2D eigenvalue weighted by Crippen LogP contribution is -2.39. The molecule has 1 unspecified atom stereocenters. The van der Waals surface area contributed by atoms with E-state index >= 15 is 0 Å². The van der Waals surface area contributed by atoms with E-state index in [4.69, 9.17) is 5.11 Å². The van der Waals surface area contributed by atoms with Crippen molar-refractivity contribution in [1.82, 2.24) is 4.90 Å². The Morgan fingerprint density at radius 3 is 2.70 bits per heavy atom. The van der Waals surface area contributed by atoms with Crippen molar-refractivity contribution in [2.75, 3.05) is 18.4 Å². The lowest BCUT2D eigenvalue weighted by molar-refractivity contribution is -0.141. The highest BCUT2D eigenvalue weighted by atomic mass is 79.9. The third kappa shape index (κ3) is 4.48. The molecule has 1 atom stereocenters. The highest BCUT2D eigenvalue weighted by Gasteiger charge is 2.20. The first-order valence-corrected chi connectivity index (χ1v) is 6.88. The quantitative estimate of drug-likeness (QED) is 0.860. The topological polar surface area (TPSA) is 69.6 Å². The van der Waals surface area contributed by atoms with Gasteiger partial charge in [-0.1, -0.05) is 22.9 Å². The van der Waals surface area contributed by atoms with Crippen molar-refractivity contribution < 1.29 is 19.1 Å². The predicted molar refractivity (Wildman–Crippen MR) is 77.2 cm³/mol. The minimum Gasteiger partial charge on any atom is -0.481 e. The van der Waals surface area contributed by atoms with E-state index in [2.05, 4.69) is 21.2 Å². The molecule has 1 rings (SSSR count). The second kappa shape index (κ2) is 7.23. The van der Waals surface area contributed by atoms with Crippen LogP contribution < -0.4 is 5.32 Å². The van der Waals surface area contributed by atoms with E-state index < -0.39 is 23.7 Å². The molecule has 0 heterocycles. The van der Waals surface area contributed by atoms with Gasteiger partial charge in [0.25, 0.3) is 0 Å². The van der Waals surface area contributed by atoms with E-state index in [9.17, 15) is 14.0 Å². The van der Waals surface area contributed by atoms with Gasteiger partial charge in [-0.3, -0.25) is 4.79 Å². The number of benzene rings is 1. The summed E-state index contributed by atoms with van der Waals surface area (Å²) in [4.78, 5) is 24.1. The maximum Gasteiger partial charge on any atom is 0.321 e. The fraction of sp³-hybridized carbons (Fsp3) is 0.385. The number of amides is 2. The van der Waals surface area contributed by atoms with Crippen LogP contribution in [0.5, 0.6) is 0 Å². The first-order valence-electron chi connectivity index (χ1n) is 6.09. The van der Waals surface area contributed by atoms with E-state index in [1.165, 1.54) is 30.0 Å². The third-order valence-corrected chi connectivity index (χ3v) is 3.25. The summed E-state index contributed by atoms with van der Waals surface area (Å²) < 4.78 is 14.2. The smallest absolute Gasteiger partial charge is 0.321 e. The number of rotatable bonds is 5. The van der Waals surface area contributed by atoms with Crippen molar-refractivity contribution in [3.63, 3.8) is 0 Å². The van der Waals surface area contributed by atoms with Gasteiger partial charge in [0.2, 0.25) is 0 Å². The zero-order valence-electron chi connectivity index (χ0n) is 11.2. The van der Waals surface area contributed by atoms with Gasteiger partial charge in [0, 0.05) is 17.6 Å². The van der Waals surface area contributed by atoms with Gasteiger partial charge in [-0.25, -0.2) is 9.18 Å². The molecule has 0 saturated carbocycles. The maximum absolute atomic E-state index is 13.5. The molecular formula is C13H16BrFN2O3. The Hall–Kier alpha value is -1.63. The number of nitrogens with zero attached hydrogens (tertiary/aromatic N) is 1. The molecule has 0 fully saturated rings. The molecule has 1 aromatic carbocycles. The van der Waals surface area contributed by atoms with Gasteiger partial charge < -0.3 is 15.3 Å². The number of urea groups is 1. The van der Waals surface area contributed by atoms with Crippen molar-refractivity contribution in [2.24, 2.45) is 5.92 Å². The number of hydrogen-bond acceptors (Lipinski definition) is 2. The molecule has 5 nitrogen and oxygen atoms in total. The molecule has 0 radical (unpaired) electrons. The number of carboxylic acid groups (broad SMARTS) is 1. The largest absolute Gasteiger partial charge is 0.481 e. The van der Waals surface area contributed by atoms with E-state index in [1.54, 1.807) is 6.92 Å². The van der Waals surface area contributed by atoms with Crippen LogP contribution in [0.3, 0.4) is 0 Å². The van der Waals surface area contributed by atoms with Crippen LogP contribution in [0.4, 0.5) is 14.9 Å². The molecule has 110 valence electrons. The maximum atomic E-state index is 13.5. The summed E-state index contributed by atoms with van der Waals surface area (Å²) in [6.45, 7) is 3.63. The van der Waals surface area contributed by atoms with Gasteiger partial charge in [-0.15, -0.1) is 0 Å². The fourth-order valence-corrected chi connectivity index (χ4v) is 1.91. The van der Waals surface area contributed by atoms with Crippen molar-refractivity contribution in [3.05, 3.63) is 28.5 Å². The van der Waals surface area contributed by atoms with Crippen LogP contribution in [0.1, 0.15) is 13.8 Å². The lowest BCUT2D eigenvalue weighted by atomic mass is 10.2. The number of carbonyl (C=O) groups is 2. The number of anilines is 1. The molecule has 0 spiro atoms. The van der Waals surface area contributed by atoms with Crippen molar-refractivity contribution in [1.29, 1.82) is 0 Å². The highest BCUT2D eigenvalue weighted by Crippen LogP contribution is 2.20. The van der Waals surface area contributed by atoms with Crippen LogP contribution in [-0.2, 0) is 4.79 Å². The molecule has 0 aromatic heterocycles. The number of nitrogens with one attached hydrogen (secondary N) is 1. The third-order valence-electron chi connectivity index (χ3n) is 2.75. The molecule has 1 aromatic rings. The number of carboxylic acids is 1. The zero-order chi connectivity index (χ0) is 15.3. The molecule has 0 saturated heterocycles. The predicted octanol–water partition coefficient (Wildman–Crippen LogP) is 3.16. The Morgan fingerprint density at radius 2 is 2.15 bits per heavy atom. The van der Waals surface area contributed by atoms with Crippen LogP contribution in [0, 0.1) is 11.7 Å². The molecule has 2 N–H and O–H groups in total. The molecular weight excluding hydrogens is 331 g/mol. The van der Waals surface area contributed by atoms with Crippen LogP contribution in [0.2, 0.25) is 0 Å². The minimum atomic E-state index is -0.982. The molecule has 0 aliphatic rings. The average Bonchev–Trinajstić information content (AvgIpc) is 2.39. The molecule has 2 amide bonds. The second-order valence-electron chi connectivity index (χ2n) is 4.33. The fourth-order valence-electron chi connectivity index (χ4n) is 1.55. The summed E-state index contributed by atoms with van der Waals surface area (Å²) >= 11 is 3.19. The summed E-state index contributed by atoms with van der Waals surface area (Å²) in [7, 11) is 0. The van der Waals surface area contributed by atoms with E-state index in [-0.39, 0.29) is 12.2 Å². The highest BCUT2D eigenvalue weighted by molar-refractivity contribution is 9.10. The number of carbonyl (C=O) groups excluding carboxylic acids is 1. The van der Waals surface area contributed by atoms with Crippen molar-refractivity contribution in [3.8, 4) is 0 Å². The SMILES string of the molecule is CCN(CC(C)C(=O)O)C(=O)Nc1cc(Br)ccc1F. The standard InChI is InChI=1S/C13H16BrFN2O3/c1-3-17(7-8(2)12(18)19)13(20)16-11-6-9(14)4-5-10(11)15/h4-6,8H,3,7H2,1-2H3,(H,16,20)(H,18,19). The normalized spacial score (nSPS) is 11.8.